The number of halogens is 1. The van der Waals surface area contributed by atoms with Crippen molar-refractivity contribution in [3.05, 3.63) is 59.8 Å². The van der Waals surface area contributed by atoms with Gasteiger partial charge in [0.1, 0.15) is 5.82 Å². The van der Waals surface area contributed by atoms with E-state index < -0.39 is 12.0 Å². The van der Waals surface area contributed by atoms with Crippen molar-refractivity contribution in [3.63, 3.8) is 0 Å². The fraction of sp³-hybridized carbons (Fsp3) is 0.429. The van der Waals surface area contributed by atoms with Gasteiger partial charge in [0.15, 0.2) is 5.66 Å². The lowest BCUT2D eigenvalue weighted by atomic mass is 9.98. The van der Waals surface area contributed by atoms with Gasteiger partial charge in [-0.3, -0.25) is 0 Å². The smallest absolute Gasteiger partial charge is 0.223 e. The minimum atomic E-state index is -0.972. The number of nitrogens with one attached hydrogen (secondary N) is 3. The molecule has 1 aromatic heterocycles. The molecule has 0 saturated carbocycles. The molecule has 1 unspecified atom stereocenters. The van der Waals surface area contributed by atoms with E-state index in [1.54, 1.807) is 30.6 Å². The summed E-state index contributed by atoms with van der Waals surface area (Å²) in [6, 6.07) is 8.16. The van der Waals surface area contributed by atoms with Crippen molar-refractivity contribution in [1.82, 2.24) is 20.6 Å². The molecule has 0 amide bonds. The first kappa shape index (κ1) is 20.5. The maximum atomic E-state index is 13.6. The highest BCUT2D eigenvalue weighted by molar-refractivity contribution is 5.65. The number of aliphatic hydroxyl groups is 1. The predicted octanol–water partition coefficient (Wildman–Crippen LogP) is 1.76. The van der Waals surface area contributed by atoms with Crippen molar-refractivity contribution in [2.75, 3.05) is 25.1 Å². The van der Waals surface area contributed by atoms with Gasteiger partial charge in [-0.1, -0.05) is 12.1 Å². The number of anilines is 1. The molecule has 2 aromatic rings. The average molecular weight is 415 g/mol. The third-order valence-electron chi connectivity index (χ3n) is 5.00. The molecule has 9 heteroatoms. The van der Waals surface area contributed by atoms with Gasteiger partial charge >= 0.3 is 0 Å². The number of hydrogen-bond acceptors (Lipinski definition) is 8. The van der Waals surface area contributed by atoms with Crippen LogP contribution in [0.4, 0.5) is 10.3 Å². The van der Waals surface area contributed by atoms with Crippen molar-refractivity contribution >= 4 is 11.6 Å². The number of aromatic nitrogens is 2. The lowest BCUT2D eigenvalue weighted by Gasteiger charge is -2.41. The standard InChI is InChI=1S/C21H26FN5O3/c1-13(2)25-20-23-8-7-17(26-20)18-9-24-21(27-18,15-3-5-16(22)6-4-15)19-29-11-14(10-28)12-30-19/h3-9,13-14,19,24,27-28H,10-12H2,1-2H3,(H,23,25,26). The van der Waals surface area contributed by atoms with Crippen molar-refractivity contribution in [1.29, 1.82) is 0 Å². The average Bonchev–Trinajstić information content (AvgIpc) is 3.21. The van der Waals surface area contributed by atoms with Gasteiger partial charge in [-0.15, -0.1) is 0 Å². The lowest BCUT2D eigenvalue weighted by Crippen LogP contribution is -2.59. The van der Waals surface area contributed by atoms with Crippen molar-refractivity contribution in [3.8, 4) is 0 Å². The van der Waals surface area contributed by atoms with Crippen molar-refractivity contribution in [2.45, 2.75) is 31.8 Å². The fourth-order valence-corrected chi connectivity index (χ4v) is 3.47. The Morgan fingerprint density at radius 2 is 1.97 bits per heavy atom. The third kappa shape index (κ3) is 4.09. The molecule has 4 N–H and O–H groups in total. The van der Waals surface area contributed by atoms with Crippen LogP contribution in [0.1, 0.15) is 25.1 Å². The molecule has 30 heavy (non-hydrogen) atoms. The van der Waals surface area contributed by atoms with Crippen LogP contribution in [-0.2, 0) is 15.1 Å². The molecular weight excluding hydrogens is 389 g/mol. The van der Waals surface area contributed by atoms with Gasteiger partial charge < -0.3 is 30.5 Å². The van der Waals surface area contributed by atoms with E-state index in [4.69, 9.17) is 9.47 Å². The van der Waals surface area contributed by atoms with Crippen molar-refractivity contribution < 1.29 is 19.0 Å². The van der Waals surface area contributed by atoms with Gasteiger partial charge in [0.25, 0.3) is 0 Å². The SMILES string of the molecule is CC(C)Nc1nccc(C2=CNC(c3ccc(F)cc3)(C3OCC(CO)CO3)N2)n1. The molecule has 8 nitrogen and oxygen atoms in total. The Balaban J connectivity index is 1.62. The van der Waals surface area contributed by atoms with E-state index in [-0.39, 0.29) is 24.4 Å². The second-order valence-corrected chi connectivity index (χ2v) is 7.75. The Kier molecular flexibility index (Phi) is 5.85. The van der Waals surface area contributed by atoms with E-state index in [9.17, 15) is 9.50 Å². The summed E-state index contributed by atoms with van der Waals surface area (Å²) in [5, 5.41) is 19.3. The molecule has 0 aliphatic carbocycles. The van der Waals surface area contributed by atoms with Gasteiger partial charge in [-0.25, -0.2) is 14.4 Å². The summed E-state index contributed by atoms with van der Waals surface area (Å²) in [7, 11) is 0. The molecule has 3 heterocycles. The van der Waals surface area contributed by atoms with Crippen LogP contribution in [0.5, 0.6) is 0 Å². The maximum Gasteiger partial charge on any atom is 0.223 e. The van der Waals surface area contributed by atoms with Gasteiger partial charge in [-0.2, -0.15) is 0 Å². The number of ether oxygens (including phenoxy) is 2. The zero-order valence-electron chi connectivity index (χ0n) is 16.9. The van der Waals surface area contributed by atoms with Crippen LogP contribution in [0, 0.1) is 11.7 Å². The molecule has 1 fully saturated rings. The van der Waals surface area contributed by atoms with Crippen LogP contribution in [-0.4, -0.2) is 47.2 Å². The molecule has 2 aliphatic rings. The van der Waals surface area contributed by atoms with Crippen molar-refractivity contribution in [2.24, 2.45) is 5.92 Å². The first-order valence-corrected chi connectivity index (χ1v) is 9.96. The topological polar surface area (TPSA) is 101 Å². The van der Waals surface area contributed by atoms with E-state index >= 15 is 0 Å². The monoisotopic (exact) mass is 415 g/mol. The third-order valence-corrected chi connectivity index (χ3v) is 5.00. The molecule has 0 radical (unpaired) electrons. The number of rotatable bonds is 6. The maximum absolute atomic E-state index is 13.6. The lowest BCUT2D eigenvalue weighted by molar-refractivity contribution is -0.243. The molecular formula is C21H26FN5O3. The second kappa shape index (κ2) is 8.55. The Bertz CT molecular complexity index is 900. The first-order chi connectivity index (χ1) is 14.5. The Morgan fingerprint density at radius 1 is 1.23 bits per heavy atom. The van der Waals surface area contributed by atoms with Crippen LogP contribution < -0.4 is 16.0 Å². The quantitative estimate of drug-likeness (QED) is 0.566. The molecule has 0 bridgehead atoms. The summed E-state index contributed by atoms with van der Waals surface area (Å²) >= 11 is 0. The number of aliphatic hydroxyl groups excluding tert-OH is 1. The van der Waals surface area contributed by atoms with E-state index in [0.717, 1.165) is 11.3 Å². The highest BCUT2D eigenvalue weighted by atomic mass is 19.1. The van der Waals surface area contributed by atoms with Gasteiger partial charge in [0, 0.05) is 29.9 Å². The van der Waals surface area contributed by atoms with E-state index in [1.165, 1.54) is 12.1 Å². The minimum Gasteiger partial charge on any atom is -0.396 e. The van der Waals surface area contributed by atoms with Crippen LogP contribution in [0.2, 0.25) is 0 Å². The van der Waals surface area contributed by atoms with Gasteiger partial charge in [0.05, 0.1) is 31.2 Å². The highest BCUT2D eigenvalue weighted by Gasteiger charge is 2.47. The van der Waals surface area contributed by atoms with Crippen LogP contribution in [0.25, 0.3) is 5.70 Å². The number of nitrogens with zero attached hydrogens (tertiary/aromatic N) is 2. The summed E-state index contributed by atoms with van der Waals surface area (Å²) in [5.74, 6) is 0.124. The Morgan fingerprint density at radius 3 is 2.63 bits per heavy atom. The summed E-state index contributed by atoms with van der Waals surface area (Å²) in [6.45, 7) is 4.74. The van der Waals surface area contributed by atoms with Gasteiger partial charge in [0.2, 0.25) is 12.2 Å². The number of hydrogen-bond donors (Lipinski definition) is 4. The zero-order valence-corrected chi connectivity index (χ0v) is 16.9. The molecule has 0 spiro atoms. The molecule has 1 atom stereocenters. The Labute approximate surface area is 174 Å². The molecule has 2 aliphatic heterocycles. The Hall–Kier alpha value is -2.75. The molecule has 4 rings (SSSR count). The highest BCUT2D eigenvalue weighted by Crippen LogP contribution is 2.34. The summed E-state index contributed by atoms with van der Waals surface area (Å²) in [5.41, 5.74) is 1.19. The van der Waals surface area contributed by atoms with Crippen LogP contribution in [0.15, 0.2) is 42.7 Å². The normalized spacial score (nSPS) is 26.1. The number of benzene rings is 1. The van der Waals surface area contributed by atoms with E-state index in [1.807, 2.05) is 13.8 Å². The van der Waals surface area contributed by atoms with Crippen LogP contribution in [0.3, 0.4) is 0 Å². The van der Waals surface area contributed by atoms with Gasteiger partial charge in [-0.05, 0) is 32.0 Å². The largest absolute Gasteiger partial charge is 0.396 e. The predicted molar refractivity (Wildman–Crippen MR) is 109 cm³/mol. The fourth-order valence-electron chi connectivity index (χ4n) is 3.47. The first-order valence-electron chi connectivity index (χ1n) is 9.96. The van der Waals surface area contributed by atoms with E-state index in [0.29, 0.717) is 24.9 Å². The second-order valence-electron chi connectivity index (χ2n) is 7.75. The van der Waals surface area contributed by atoms with E-state index in [2.05, 4.69) is 25.9 Å². The summed E-state index contributed by atoms with van der Waals surface area (Å²) in [4.78, 5) is 8.82. The molecule has 160 valence electrons. The summed E-state index contributed by atoms with van der Waals surface area (Å²) in [6.07, 6.45) is 2.79. The van der Waals surface area contributed by atoms with Crippen LogP contribution >= 0.6 is 0 Å². The summed E-state index contributed by atoms with van der Waals surface area (Å²) < 4.78 is 25.4. The molecule has 1 aromatic carbocycles. The molecule has 1 saturated heterocycles. The minimum absolute atomic E-state index is 0.00676. The zero-order chi connectivity index (χ0) is 21.1.